The number of halogens is 1. The molecule has 0 fully saturated rings. The van der Waals surface area contributed by atoms with Crippen molar-refractivity contribution in [3.63, 3.8) is 0 Å². The van der Waals surface area contributed by atoms with Crippen LogP contribution in [0.25, 0.3) is 6.08 Å². The van der Waals surface area contributed by atoms with E-state index in [4.69, 9.17) is 25.8 Å². The molecule has 2 amide bonds. The summed E-state index contributed by atoms with van der Waals surface area (Å²) < 4.78 is 16.8. The minimum atomic E-state index is -0.371. The number of carbonyl (C=O) groups excluding carboxylic acids is 2. The zero-order valence-electron chi connectivity index (χ0n) is 18.6. The molecule has 1 aliphatic heterocycles. The highest BCUT2D eigenvalue weighted by Crippen LogP contribution is 2.35. The molecule has 1 atom stereocenters. The van der Waals surface area contributed by atoms with Gasteiger partial charge in [-0.2, -0.15) is 0 Å². The lowest BCUT2D eigenvalue weighted by molar-refractivity contribution is -0.129. The molecule has 3 rings (SSSR count). The Balaban J connectivity index is 1.66. The Hall–Kier alpha value is -3.19. The molecule has 0 bridgehead atoms. The van der Waals surface area contributed by atoms with Crippen LogP contribution in [0.4, 0.5) is 5.69 Å². The molecule has 1 N–H and O–H groups in total. The first-order valence-corrected chi connectivity index (χ1v) is 10.7. The molecular weight excluding hydrogens is 432 g/mol. The number of hydrogen-bond donors (Lipinski definition) is 1. The van der Waals surface area contributed by atoms with Crippen molar-refractivity contribution in [2.24, 2.45) is 0 Å². The fourth-order valence-electron chi connectivity index (χ4n) is 3.42. The minimum absolute atomic E-state index is 0.114. The number of carbonyl (C=O) groups is 2. The van der Waals surface area contributed by atoms with E-state index >= 15 is 0 Å². The summed E-state index contributed by atoms with van der Waals surface area (Å²) in [5.74, 6) is 1.28. The van der Waals surface area contributed by atoms with Gasteiger partial charge in [0.2, 0.25) is 11.8 Å². The van der Waals surface area contributed by atoms with Gasteiger partial charge in [0, 0.05) is 35.7 Å². The summed E-state index contributed by atoms with van der Waals surface area (Å²) in [6, 6.07) is 8.75. The van der Waals surface area contributed by atoms with E-state index in [9.17, 15) is 9.59 Å². The molecule has 0 saturated carbocycles. The zero-order valence-corrected chi connectivity index (χ0v) is 19.4. The van der Waals surface area contributed by atoms with Crippen molar-refractivity contribution < 1.29 is 23.8 Å². The molecule has 0 aromatic heterocycles. The lowest BCUT2D eigenvalue weighted by Gasteiger charge is -2.16. The molecule has 32 heavy (non-hydrogen) atoms. The molecule has 2 aromatic carbocycles. The van der Waals surface area contributed by atoms with E-state index in [1.165, 1.54) is 18.1 Å². The van der Waals surface area contributed by atoms with E-state index in [2.05, 4.69) is 5.32 Å². The Morgan fingerprint density at radius 1 is 1.28 bits per heavy atom. The number of hydrogen-bond acceptors (Lipinski definition) is 5. The Kier molecular flexibility index (Phi) is 7.64. The normalized spacial score (nSPS) is 14.6. The number of amides is 2. The number of likely N-dealkylation sites (N-methyl/N-ethyl adjacent to an activating group) is 1. The Labute approximate surface area is 192 Å². The molecule has 0 spiro atoms. The number of fused-ring (bicyclic) bond motifs is 1. The molecule has 7 nitrogen and oxygen atoms in total. The first kappa shape index (κ1) is 23.5. The smallest absolute Gasteiger partial charge is 0.246 e. The molecule has 1 unspecified atom stereocenters. The van der Waals surface area contributed by atoms with Crippen LogP contribution in [0.5, 0.6) is 17.2 Å². The number of nitrogens with zero attached hydrogens (tertiary/aromatic N) is 1. The van der Waals surface area contributed by atoms with Crippen molar-refractivity contribution in [2.45, 2.75) is 26.4 Å². The van der Waals surface area contributed by atoms with Gasteiger partial charge in [-0.25, -0.2) is 0 Å². The molecular formula is C24H27ClN2O5. The maximum Gasteiger partial charge on any atom is 0.246 e. The SMILES string of the molecule is CCOc1cc2c(cc1/C=C/C(=O)N(C)CC(=O)Nc1cc(Cl)ccc1OC)OC(C)C2. The van der Waals surface area contributed by atoms with Crippen molar-refractivity contribution in [1.82, 2.24) is 4.90 Å². The van der Waals surface area contributed by atoms with Gasteiger partial charge in [-0.15, -0.1) is 0 Å². The summed E-state index contributed by atoms with van der Waals surface area (Å²) in [6.45, 7) is 4.30. The number of ether oxygens (including phenoxy) is 3. The second-order valence-corrected chi connectivity index (χ2v) is 7.92. The van der Waals surface area contributed by atoms with Crippen LogP contribution >= 0.6 is 11.6 Å². The predicted molar refractivity (Wildman–Crippen MR) is 125 cm³/mol. The lowest BCUT2D eigenvalue weighted by Crippen LogP contribution is -2.33. The maximum atomic E-state index is 12.6. The van der Waals surface area contributed by atoms with Gasteiger partial charge in [0.1, 0.15) is 23.4 Å². The number of nitrogens with one attached hydrogen (secondary N) is 1. The van der Waals surface area contributed by atoms with Crippen molar-refractivity contribution in [2.75, 3.05) is 32.6 Å². The van der Waals surface area contributed by atoms with Crippen LogP contribution < -0.4 is 19.5 Å². The maximum absolute atomic E-state index is 12.6. The highest BCUT2D eigenvalue weighted by Gasteiger charge is 2.21. The fourth-order valence-corrected chi connectivity index (χ4v) is 3.59. The van der Waals surface area contributed by atoms with E-state index in [-0.39, 0.29) is 24.5 Å². The average molecular weight is 459 g/mol. The van der Waals surface area contributed by atoms with Gasteiger partial charge in [-0.05, 0) is 50.3 Å². The third-order valence-electron chi connectivity index (χ3n) is 4.93. The third kappa shape index (κ3) is 5.73. The zero-order chi connectivity index (χ0) is 23.3. The van der Waals surface area contributed by atoms with E-state index in [0.29, 0.717) is 28.8 Å². The van der Waals surface area contributed by atoms with Gasteiger partial charge >= 0.3 is 0 Å². The van der Waals surface area contributed by atoms with Crippen molar-refractivity contribution in [3.8, 4) is 17.2 Å². The van der Waals surface area contributed by atoms with E-state index < -0.39 is 0 Å². The highest BCUT2D eigenvalue weighted by molar-refractivity contribution is 6.31. The number of benzene rings is 2. The van der Waals surface area contributed by atoms with Crippen molar-refractivity contribution in [1.29, 1.82) is 0 Å². The molecule has 0 saturated heterocycles. The summed E-state index contributed by atoms with van der Waals surface area (Å²) in [6.07, 6.45) is 4.03. The molecule has 0 aliphatic carbocycles. The molecule has 1 aliphatic rings. The summed E-state index contributed by atoms with van der Waals surface area (Å²) in [5, 5.41) is 3.18. The minimum Gasteiger partial charge on any atom is -0.495 e. The monoisotopic (exact) mass is 458 g/mol. The van der Waals surface area contributed by atoms with Gasteiger partial charge in [0.15, 0.2) is 0 Å². The third-order valence-corrected chi connectivity index (χ3v) is 5.16. The van der Waals surface area contributed by atoms with Gasteiger partial charge < -0.3 is 24.4 Å². The molecule has 2 aromatic rings. The average Bonchev–Trinajstić information content (AvgIpc) is 3.10. The highest BCUT2D eigenvalue weighted by atomic mass is 35.5. The van der Waals surface area contributed by atoms with Crippen LogP contribution in [0.1, 0.15) is 25.0 Å². The van der Waals surface area contributed by atoms with Gasteiger partial charge in [0.25, 0.3) is 0 Å². The van der Waals surface area contributed by atoms with Crippen LogP contribution in [-0.4, -0.2) is 50.1 Å². The molecule has 8 heteroatoms. The fraction of sp³-hybridized carbons (Fsp3) is 0.333. The van der Waals surface area contributed by atoms with Crippen LogP contribution in [0, 0.1) is 0 Å². The van der Waals surface area contributed by atoms with E-state index in [0.717, 1.165) is 23.3 Å². The number of anilines is 1. The molecule has 0 radical (unpaired) electrons. The first-order valence-electron chi connectivity index (χ1n) is 10.3. The van der Waals surface area contributed by atoms with Crippen LogP contribution in [0.15, 0.2) is 36.4 Å². The van der Waals surface area contributed by atoms with E-state index in [1.807, 2.05) is 26.0 Å². The summed E-state index contributed by atoms with van der Waals surface area (Å²) >= 11 is 5.99. The number of methoxy groups -OCH3 is 1. The summed E-state index contributed by atoms with van der Waals surface area (Å²) in [4.78, 5) is 26.3. The largest absolute Gasteiger partial charge is 0.495 e. The topological polar surface area (TPSA) is 77.1 Å². The van der Waals surface area contributed by atoms with E-state index in [1.54, 1.807) is 31.3 Å². The standard InChI is InChI=1S/C24H27ClN2O5/c1-5-31-21-12-17-10-15(2)32-22(17)11-16(21)6-9-24(29)27(3)14-23(28)26-19-13-18(25)7-8-20(19)30-4/h6-9,11-13,15H,5,10,14H2,1-4H3,(H,26,28)/b9-6+. The summed E-state index contributed by atoms with van der Waals surface area (Å²) in [5.41, 5.74) is 2.28. The Morgan fingerprint density at radius 3 is 2.78 bits per heavy atom. The van der Waals surface area contributed by atoms with Crippen molar-refractivity contribution >= 4 is 35.2 Å². The predicted octanol–water partition coefficient (Wildman–Crippen LogP) is 4.18. The first-order chi connectivity index (χ1) is 15.3. The Bertz CT molecular complexity index is 1040. The molecule has 1 heterocycles. The number of rotatable bonds is 8. The van der Waals surface area contributed by atoms with Crippen LogP contribution in [0.2, 0.25) is 5.02 Å². The van der Waals surface area contributed by atoms with Crippen molar-refractivity contribution in [3.05, 3.63) is 52.6 Å². The Morgan fingerprint density at radius 2 is 2.06 bits per heavy atom. The van der Waals surface area contributed by atoms with Crippen LogP contribution in [0.3, 0.4) is 0 Å². The lowest BCUT2D eigenvalue weighted by atomic mass is 10.1. The second kappa shape index (κ2) is 10.4. The van der Waals surface area contributed by atoms with Gasteiger partial charge in [-0.3, -0.25) is 9.59 Å². The quantitative estimate of drug-likeness (QED) is 0.600. The van der Waals surface area contributed by atoms with Gasteiger partial charge in [-0.1, -0.05) is 11.6 Å². The molecule has 170 valence electrons. The second-order valence-electron chi connectivity index (χ2n) is 7.48. The van der Waals surface area contributed by atoms with Crippen LogP contribution in [-0.2, 0) is 16.0 Å². The van der Waals surface area contributed by atoms with Gasteiger partial charge in [0.05, 0.1) is 25.9 Å². The summed E-state index contributed by atoms with van der Waals surface area (Å²) in [7, 11) is 3.05.